The highest BCUT2D eigenvalue weighted by Crippen LogP contribution is 2.29. The highest BCUT2D eigenvalue weighted by Gasteiger charge is 2.23. The average molecular weight is 401 g/mol. The number of furan rings is 1. The number of hydrogen-bond donors (Lipinski definition) is 1. The molecule has 7 nitrogen and oxygen atoms in total. The van der Waals surface area contributed by atoms with E-state index in [-0.39, 0.29) is 23.9 Å². The van der Waals surface area contributed by atoms with E-state index in [1.54, 1.807) is 19.2 Å². The van der Waals surface area contributed by atoms with Crippen LogP contribution >= 0.6 is 11.3 Å². The lowest BCUT2D eigenvalue weighted by Gasteiger charge is -2.34. The number of para-hydroxylation sites is 1. The van der Waals surface area contributed by atoms with E-state index in [9.17, 15) is 4.79 Å². The molecule has 0 saturated carbocycles. The number of aromatic nitrogens is 1. The summed E-state index contributed by atoms with van der Waals surface area (Å²) in [5.41, 5.74) is 1.50. The lowest BCUT2D eigenvalue weighted by molar-refractivity contribution is -0.0707. The normalized spacial score (nSPS) is 20.4. The molecule has 1 aliphatic rings. The molecule has 1 saturated heterocycles. The Morgan fingerprint density at radius 1 is 1.36 bits per heavy atom. The fourth-order valence-corrected chi connectivity index (χ4v) is 4.24. The second-order valence-electron chi connectivity index (χ2n) is 7.04. The van der Waals surface area contributed by atoms with Crippen LogP contribution in [0.4, 0.5) is 5.13 Å². The van der Waals surface area contributed by atoms with Crippen LogP contribution in [0, 0.1) is 0 Å². The molecule has 8 heteroatoms. The van der Waals surface area contributed by atoms with Crippen molar-refractivity contribution in [3.05, 3.63) is 41.1 Å². The number of ether oxygens (including phenoxy) is 2. The van der Waals surface area contributed by atoms with Crippen molar-refractivity contribution in [3.8, 4) is 5.75 Å². The molecule has 0 spiro atoms. The fraction of sp³-hybridized carbons (Fsp3) is 0.400. The van der Waals surface area contributed by atoms with E-state index in [4.69, 9.17) is 13.9 Å². The van der Waals surface area contributed by atoms with Crippen LogP contribution < -0.4 is 10.1 Å². The van der Waals surface area contributed by atoms with E-state index in [2.05, 4.69) is 29.0 Å². The van der Waals surface area contributed by atoms with Gasteiger partial charge in [-0.3, -0.25) is 15.0 Å². The number of amides is 1. The van der Waals surface area contributed by atoms with Gasteiger partial charge in [0.05, 0.1) is 25.0 Å². The minimum atomic E-state index is -0.326. The summed E-state index contributed by atoms with van der Waals surface area (Å²) in [7, 11) is 1.57. The number of thiazole rings is 1. The minimum absolute atomic E-state index is 0.214. The Morgan fingerprint density at radius 3 is 2.89 bits per heavy atom. The Bertz CT molecular complexity index is 973. The summed E-state index contributed by atoms with van der Waals surface area (Å²) in [5.74, 6) is 0.502. The molecule has 28 heavy (non-hydrogen) atoms. The van der Waals surface area contributed by atoms with E-state index >= 15 is 0 Å². The van der Waals surface area contributed by atoms with Crippen molar-refractivity contribution >= 4 is 33.3 Å². The van der Waals surface area contributed by atoms with E-state index < -0.39 is 0 Å². The van der Waals surface area contributed by atoms with Gasteiger partial charge >= 0.3 is 0 Å². The smallest absolute Gasteiger partial charge is 0.293 e. The Labute approximate surface area is 167 Å². The van der Waals surface area contributed by atoms with Crippen LogP contribution in [-0.2, 0) is 11.3 Å². The molecule has 0 aliphatic carbocycles. The van der Waals surface area contributed by atoms with Gasteiger partial charge < -0.3 is 13.9 Å². The van der Waals surface area contributed by atoms with Crippen molar-refractivity contribution in [1.29, 1.82) is 0 Å². The molecule has 1 aliphatic heterocycles. The zero-order chi connectivity index (χ0) is 19.7. The fourth-order valence-electron chi connectivity index (χ4n) is 3.55. The van der Waals surface area contributed by atoms with Gasteiger partial charge in [-0.25, -0.2) is 4.98 Å². The molecule has 2 aromatic heterocycles. The van der Waals surface area contributed by atoms with Crippen molar-refractivity contribution < 1.29 is 18.7 Å². The first-order valence-corrected chi connectivity index (χ1v) is 10.1. The topological polar surface area (TPSA) is 76.8 Å². The third kappa shape index (κ3) is 4.04. The molecule has 3 aromatic rings. The maximum atomic E-state index is 12.6. The first kappa shape index (κ1) is 18.9. The van der Waals surface area contributed by atoms with Gasteiger partial charge in [-0.05, 0) is 26.0 Å². The van der Waals surface area contributed by atoms with Crippen LogP contribution in [0.5, 0.6) is 5.75 Å². The van der Waals surface area contributed by atoms with Gasteiger partial charge in [0.25, 0.3) is 5.91 Å². The van der Waals surface area contributed by atoms with Crippen LogP contribution in [0.1, 0.15) is 30.1 Å². The molecule has 2 unspecified atom stereocenters. The van der Waals surface area contributed by atoms with E-state index in [0.717, 1.165) is 30.7 Å². The Hall–Kier alpha value is -2.42. The van der Waals surface area contributed by atoms with Crippen molar-refractivity contribution in [3.63, 3.8) is 0 Å². The number of carbonyl (C=O) groups excluding carboxylic acids is 1. The molecular weight excluding hydrogens is 378 g/mol. The van der Waals surface area contributed by atoms with E-state index in [1.165, 1.54) is 11.3 Å². The van der Waals surface area contributed by atoms with E-state index in [0.29, 0.717) is 16.5 Å². The third-order valence-corrected chi connectivity index (χ3v) is 5.41. The Kier molecular flexibility index (Phi) is 5.34. The molecule has 1 aromatic carbocycles. The Morgan fingerprint density at radius 2 is 2.14 bits per heavy atom. The zero-order valence-corrected chi connectivity index (χ0v) is 16.9. The highest BCUT2D eigenvalue weighted by atomic mass is 32.1. The first-order chi connectivity index (χ1) is 13.5. The largest absolute Gasteiger partial charge is 0.493 e. The lowest BCUT2D eigenvalue weighted by atomic mass is 10.2. The number of methoxy groups -OCH3 is 1. The number of benzene rings is 1. The molecule has 1 fully saturated rings. The molecule has 2 atom stereocenters. The Balaban J connectivity index is 1.43. The number of carbonyl (C=O) groups is 1. The summed E-state index contributed by atoms with van der Waals surface area (Å²) in [6.07, 6.45) is 0.429. The number of nitrogens with one attached hydrogen (secondary N) is 1. The standard InChI is InChI=1S/C20H23N3O4S/c1-12-8-23(9-13(2)26-12)10-15-11-28-20(21-15)22-19(24)17-7-14-5-4-6-16(25-3)18(14)27-17/h4-7,11-13H,8-10H2,1-3H3,(H,21,22,24). The van der Waals surface area contributed by atoms with Crippen molar-refractivity contribution in [1.82, 2.24) is 9.88 Å². The monoisotopic (exact) mass is 401 g/mol. The lowest BCUT2D eigenvalue weighted by Crippen LogP contribution is -2.44. The van der Waals surface area contributed by atoms with Crippen molar-refractivity contribution in [2.24, 2.45) is 0 Å². The van der Waals surface area contributed by atoms with Gasteiger partial charge in [-0.15, -0.1) is 11.3 Å². The van der Waals surface area contributed by atoms with Crippen LogP contribution in [-0.4, -0.2) is 48.2 Å². The van der Waals surface area contributed by atoms with Gasteiger partial charge in [-0.2, -0.15) is 0 Å². The quantitative estimate of drug-likeness (QED) is 0.702. The second kappa shape index (κ2) is 7.90. The average Bonchev–Trinajstić information content (AvgIpc) is 3.27. The number of hydrogen-bond acceptors (Lipinski definition) is 7. The molecule has 0 radical (unpaired) electrons. The summed E-state index contributed by atoms with van der Waals surface area (Å²) in [6, 6.07) is 7.24. The SMILES string of the molecule is COc1cccc2cc(C(=O)Nc3nc(CN4CC(C)OC(C)C4)cs3)oc12. The molecule has 4 rings (SSSR count). The molecule has 148 valence electrons. The maximum absolute atomic E-state index is 12.6. The predicted molar refractivity (Wildman–Crippen MR) is 108 cm³/mol. The summed E-state index contributed by atoms with van der Waals surface area (Å²) in [6.45, 7) is 6.66. The number of morpholine rings is 1. The molecular formula is C20H23N3O4S. The minimum Gasteiger partial charge on any atom is -0.493 e. The molecule has 1 N–H and O–H groups in total. The number of rotatable bonds is 5. The summed E-state index contributed by atoms with van der Waals surface area (Å²) < 4.78 is 16.7. The van der Waals surface area contributed by atoms with Crippen LogP contribution in [0.2, 0.25) is 0 Å². The predicted octanol–water partition coefficient (Wildman–Crippen LogP) is 3.76. The molecule has 3 heterocycles. The van der Waals surface area contributed by atoms with Gasteiger partial charge in [0.1, 0.15) is 0 Å². The zero-order valence-electron chi connectivity index (χ0n) is 16.1. The van der Waals surface area contributed by atoms with Crippen molar-refractivity contribution in [2.75, 3.05) is 25.5 Å². The van der Waals surface area contributed by atoms with Gasteiger partial charge in [0, 0.05) is 30.4 Å². The maximum Gasteiger partial charge on any atom is 0.293 e. The third-order valence-electron chi connectivity index (χ3n) is 4.60. The van der Waals surface area contributed by atoms with Crippen LogP contribution in [0.3, 0.4) is 0 Å². The summed E-state index contributed by atoms with van der Waals surface area (Å²) in [5, 5.41) is 6.17. The van der Waals surface area contributed by atoms with Gasteiger partial charge in [-0.1, -0.05) is 12.1 Å². The van der Waals surface area contributed by atoms with E-state index in [1.807, 2.05) is 17.5 Å². The van der Waals surface area contributed by atoms with Gasteiger partial charge in [0.2, 0.25) is 0 Å². The van der Waals surface area contributed by atoms with Crippen LogP contribution in [0.25, 0.3) is 11.0 Å². The number of anilines is 1. The van der Waals surface area contributed by atoms with Crippen LogP contribution in [0.15, 0.2) is 34.1 Å². The molecule has 1 amide bonds. The highest BCUT2D eigenvalue weighted by molar-refractivity contribution is 7.13. The second-order valence-corrected chi connectivity index (χ2v) is 7.90. The first-order valence-electron chi connectivity index (χ1n) is 9.22. The summed E-state index contributed by atoms with van der Waals surface area (Å²) >= 11 is 1.41. The molecule has 0 bridgehead atoms. The van der Waals surface area contributed by atoms with Crippen molar-refractivity contribution in [2.45, 2.75) is 32.6 Å². The summed E-state index contributed by atoms with van der Waals surface area (Å²) in [4.78, 5) is 19.4. The number of nitrogens with zero attached hydrogens (tertiary/aromatic N) is 2. The van der Waals surface area contributed by atoms with Gasteiger partial charge in [0.15, 0.2) is 22.2 Å². The number of fused-ring (bicyclic) bond motifs is 1.